The highest BCUT2D eigenvalue weighted by molar-refractivity contribution is 6.74. The van der Waals surface area contributed by atoms with Crippen molar-refractivity contribution in [3.05, 3.63) is 48.3 Å². The highest BCUT2D eigenvalue weighted by Gasteiger charge is 2.38. The summed E-state index contributed by atoms with van der Waals surface area (Å²) in [6.45, 7) is 10.6. The lowest BCUT2D eigenvalue weighted by Crippen LogP contribution is -2.49. The lowest BCUT2D eigenvalue weighted by atomic mass is 10.2. The van der Waals surface area contributed by atoms with E-state index in [1.54, 1.807) is 10.9 Å². The number of amides is 1. The fourth-order valence-electron chi connectivity index (χ4n) is 2.22. The number of carbonyl (C=O) groups excluding carboxylic acids is 2. The van der Waals surface area contributed by atoms with Crippen LogP contribution in [0.5, 0.6) is 0 Å². The number of aromatic nitrogens is 2. The Labute approximate surface area is 167 Å². The van der Waals surface area contributed by atoms with E-state index in [4.69, 9.17) is 9.16 Å². The molecule has 0 aliphatic rings. The first kappa shape index (κ1) is 21.8. The van der Waals surface area contributed by atoms with Crippen LogP contribution < -0.4 is 5.32 Å². The molecule has 8 heteroatoms. The molecule has 1 heterocycles. The number of rotatable bonds is 7. The molecule has 0 fully saturated rings. The van der Waals surface area contributed by atoms with E-state index in [0.717, 1.165) is 5.69 Å². The molecular formula is C20H29N3O4Si. The van der Waals surface area contributed by atoms with Crippen LogP contribution in [-0.2, 0) is 14.0 Å². The predicted molar refractivity (Wildman–Crippen MR) is 110 cm³/mol. The van der Waals surface area contributed by atoms with Gasteiger partial charge in [-0.25, -0.2) is 9.48 Å². The summed E-state index contributed by atoms with van der Waals surface area (Å²) < 4.78 is 12.5. The van der Waals surface area contributed by atoms with Crippen LogP contribution in [-0.4, -0.2) is 49.7 Å². The largest absolute Gasteiger partial charge is 0.467 e. The Hall–Kier alpha value is -2.45. The van der Waals surface area contributed by atoms with Gasteiger partial charge >= 0.3 is 5.97 Å². The van der Waals surface area contributed by atoms with Gasteiger partial charge in [-0.05, 0) is 30.3 Å². The van der Waals surface area contributed by atoms with Gasteiger partial charge in [0.05, 0.1) is 31.2 Å². The third-order valence-corrected chi connectivity index (χ3v) is 9.57. The number of hydrogen-bond acceptors (Lipinski definition) is 5. The van der Waals surface area contributed by atoms with Crippen molar-refractivity contribution in [3.8, 4) is 5.69 Å². The Morgan fingerprint density at radius 3 is 2.43 bits per heavy atom. The fraction of sp³-hybridized carbons (Fsp3) is 0.450. The summed E-state index contributed by atoms with van der Waals surface area (Å²) in [6.07, 6.45) is 3.08. The van der Waals surface area contributed by atoms with Crippen molar-refractivity contribution in [2.24, 2.45) is 0 Å². The molecule has 1 aromatic heterocycles. The molecule has 0 radical (unpaired) electrons. The molecule has 1 aromatic carbocycles. The van der Waals surface area contributed by atoms with Crippen molar-refractivity contribution < 1.29 is 18.8 Å². The molecule has 0 saturated carbocycles. The number of nitrogens with one attached hydrogen (secondary N) is 1. The summed E-state index contributed by atoms with van der Waals surface area (Å²) in [6, 6.07) is 8.58. The summed E-state index contributed by atoms with van der Waals surface area (Å²) in [5.41, 5.74) is 1.19. The van der Waals surface area contributed by atoms with Crippen LogP contribution in [0.15, 0.2) is 42.7 Å². The standard InChI is InChI=1S/C20H29N3O4Si/c1-20(2,3)28(5,6)27-14-17(19(25)26-4)22-18(24)15-12-21-23(13-15)16-10-8-7-9-11-16/h7-13,17H,14H2,1-6H3,(H,22,24). The number of methoxy groups -OCH3 is 1. The maximum absolute atomic E-state index is 12.6. The molecule has 152 valence electrons. The van der Waals surface area contributed by atoms with Crippen LogP contribution in [0.25, 0.3) is 5.69 Å². The molecule has 28 heavy (non-hydrogen) atoms. The number of benzene rings is 1. The lowest BCUT2D eigenvalue weighted by Gasteiger charge is -2.37. The van der Waals surface area contributed by atoms with E-state index < -0.39 is 26.2 Å². The van der Waals surface area contributed by atoms with Gasteiger partial charge in [-0.15, -0.1) is 0 Å². The zero-order valence-electron chi connectivity index (χ0n) is 17.4. The van der Waals surface area contributed by atoms with Crippen LogP contribution in [0.2, 0.25) is 18.1 Å². The van der Waals surface area contributed by atoms with E-state index in [9.17, 15) is 9.59 Å². The molecule has 2 aromatic rings. The highest BCUT2D eigenvalue weighted by atomic mass is 28.4. The molecule has 0 saturated heterocycles. The summed E-state index contributed by atoms with van der Waals surface area (Å²) in [5.74, 6) is -0.945. The third-order valence-electron chi connectivity index (χ3n) is 5.07. The first-order chi connectivity index (χ1) is 13.0. The normalized spacial score (nSPS) is 13.1. The topological polar surface area (TPSA) is 82.4 Å². The van der Waals surface area contributed by atoms with E-state index in [0.29, 0.717) is 5.56 Å². The molecule has 2 rings (SSSR count). The van der Waals surface area contributed by atoms with Gasteiger partial charge in [0, 0.05) is 6.20 Å². The fourth-order valence-corrected chi connectivity index (χ4v) is 3.24. The third kappa shape index (κ3) is 5.29. The van der Waals surface area contributed by atoms with Gasteiger partial charge < -0.3 is 14.5 Å². The van der Waals surface area contributed by atoms with Gasteiger partial charge in [-0.1, -0.05) is 39.0 Å². The molecule has 1 N–H and O–H groups in total. The second kappa shape index (κ2) is 8.70. The number of para-hydroxylation sites is 1. The zero-order chi connectivity index (χ0) is 20.9. The summed E-state index contributed by atoms with van der Waals surface area (Å²) >= 11 is 0. The van der Waals surface area contributed by atoms with Gasteiger partial charge in [-0.3, -0.25) is 4.79 Å². The second-order valence-electron chi connectivity index (χ2n) is 8.13. The van der Waals surface area contributed by atoms with Crippen molar-refractivity contribution in [1.82, 2.24) is 15.1 Å². The van der Waals surface area contributed by atoms with Gasteiger partial charge in [0.2, 0.25) is 0 Å². The number of hydrogen-bond donors (Lipinski definition) is 1. The SMILES string of the molecule is COC(=O)C(CO[Si](C)(C)C(C)(C)C)NC(=O)c1cnn(-c2ccccc2)c1. The minimum absolute atomic E-state index is 0.00546. The number of nitrogens with zero attached hydrogens (tertiary/aromatic N) is 2. The lowest BCUT2D eigenvalue weighted by molar-refractivity contribution is -0.143. The Balaban J connectivity index is 2.09. The molecule has 0 spiro atoms. The van der Waals surface area contributed by atoms with Gasteiger partial charge in [-0.2, -0.15) is 5.10 Å². The van der Waals surface area contributed by atoms with E-state index in [1.165, 1.54) is 13.3 Å². The Morgan fingerprint density at radius 1 is 1.21 bits per heavy atom. The molecule has 0 aliphatic heterocycles. The molecule has 7 nitrogen and oxygen atoms in total. The first-order valence-electron chi connectivity index (χ1n) is 9.18. The predicted octanol–water partition coefficient (Wildman–Crippen LogP) is 3.17. The first-order valence-corrected chi connectivity index (χ1v) is 12.1. The van der Waals surface area contributed by atoms with E-state index in [1.807, 2.05) is 30.3 Å². The molecular weight excluding hydrogens is 374 g/mol. The maximum Gasteiger partial charge on any atom is 0.330 e. The number of ether oxygens (including phenoxy) is 1. The summed E-state index contributed by atoms with van der Waals surface area (Å²) in [7, 11) is -0.779. The molecule has 1 atom stereocenters. The van der Waals surface area contributed by atoms with Crippen molar-refractivity contribution in [1.29, 1.82) is 0 Å². The maximum atomic E-state index is 12.6. The van der Waals surface area contributed by atoms with Crippen LogP contribution in [0.3, 0.4) is 0 Å². The summed E-state index contributed by atoms with van der Waals surface area (Å²) in [4.78, 5) is 24.8. The van der Waals surface area contributed by atoms with Gasteiger partial charge in [0.25, 0.3) is 5.91 Å². The van der Waals surface area contributed by atoms with Crippen LogP contribution >= 0.6 is 0 Å². The van der Waals surface area contributed by atoms with Crippen LogP contribution in [0.1, 0.15) is 31.1 Å². The quantitative estimate of drug-likeness (QED) is 0.567. The molecule has 1 amide bonds. The number of esters is 1. The van der Waals surface area contributed by atoms with Crippen molar-refractivity contribution in [3.63, 3.8) is 0 Å². The average Bonchev–Trinajstić information content (AvgIpc) is 3.14. The van der Waals surface area contributed by atoms with Gasteiger partial charge in [0.1, 0.15) is 6.04 Å². The highest BCUT2D eigenvalue weighted by Crippen LogP contribution is 2.36. The smallest absolute Gasteiger partial charge is 0.330 e. The zero-order valence-corrected chi connectivity index (χ0v) is 18.4. The molecule has 1 unspecified atom stereocenters. The van der Waals surface area contributed by atoms with Gasteiger partial charge in [0.15, 0.2) is 8.32 Å². The van der Waals surface area contributed by atoms with Crippen LogP contribution in [0.4, 0.5) is 0 Å². The van der Waals surface area contributed by atoms with E-state index >= 15 is 0 Å². The Bertz CT molecular complexity index is 812. The average molecular weight is 404 g/mol. The van der Waals surface area contributed by atoms with Crippen molar-refractivity contribution in [2.75, 3.05) is 13.7 Å². The van der Waals surface area contributed by atoms with E-state index in [2.05, 4.69) is 44.3 Å². The van der Waals surface area contributed by atoms with Crippen molar-refractivity contribution >= 4 is 20.2 Å². The molecule has 0 bridgehead atoms. The minimum atomic E-state index is -2.07. The Morgan fingerprint density at radius 2 is 1.86 bits per heavy atom. The number of carbonyl (C=O) groups is 2. The van der Waals surface area contributed by atoms with Crippen molar-refractivity contribution in [2.45, 2.75) is 44.9 Å². The second-order valence-corrected chi connectivity index (χ2v) is 12.9. The molecule has 0 aliphatic carbocycles. The minimum Gasteiger partial charge on any atom is -0.467 e. The Kier molecular flexibility index (Phi) is 6.79. The monoisotopic (exact) mass is 403 g/mol. The summed E-state index contributed by atoms with van der Waals surface area (Å²) in [5, 5.41) is 6.91. The van der Waals surface area contributed by atoms with E-state index in [-0.39, 0.29) is 11.6 Å². The van der Waals surface area contributed by atoms with Crippen LogP contribution in [0, 0.1) is 0 Å².